The highest BCUT2D eigenvalue weighted by atomic mass is 16.5. The Morgan fingerprint density at radius 1 is 1.35 bits per heavy atom. The smallest absolute Gasteiger partial charge is 0.119 e. The molecule has 0 spiro atoms. The van der Waals surface area contributed by atoms with Crippen molar-refractivity contribution in [2.45, 2.75) is 38.4 Å². The molecule has 1 aromatic carbocycles. The Hall–Kier alpha value is -1.06. The predicted molar refractivity (Wildman–Crippen MR) is 66.2 cm³/mol. The van der Waals surface area contributed by atoms with Crippen LogP contribution in [0.1, 0.15) is 37.9 Å². The largest absolute Gasteiger partial charge is 0.491 e. The van der Waals surface area contributed by atoms with Crippen LogP contribution in [-0.2, 0) is 4.74 Å². The molecule has 0 radical (unpaired) electrons. The Morgan fingerprint density at radius 3 is 2.71 bits per heavy atom. The first-order valence-corrected chi connectivity index (χ1v) is 6.28. The zero-order chi connectivity index (χ0) is 12.1. The number of hydrogen-bond acceptors (Lipinski definition) is 3. The molecule has 1 aliphatic heterocycles. The van der Waals surface area contributed by atoms with Gasteiger partial charge in [-0.25, -0.2) is 0 Å². The summed E-state index contributed by atoms with van der Waals surface area (Å²) in [6.07, 6.45) is 3.30. The molecule has 1 fully saturated rings. The molecule has 3 nitrogen and oxygen atoms in total. The van der Waals surface area contributed by atoms with Crippen LogP contribution < -0.4 is 4.74 Å². The molecule has 1 aromatic rings. The summed E-state index contributed by atoms with van der Waals surface area (Å²) < 4.78 is 11.3. The van der Waals surface area contributed by atoms with Crippen molar-refractivity contribution < 1.29 is 14.6 Å². The predicted octanol–water partition coefficient (Wildman–Crippen LogP) is 2.69. The van der Waals surface area contributed by atoms with Crippen LogP contribution >= 0.6 is 0 Å². The van der Waals surface area contributed by atoms with E-state index in [0.717, 1.165) is 24.3 Å². The first-order chi connectivity index (χ1) is 8.25. The first kappa shape index (κ1) is 12.4. The van der Waals surface area contributed by atoms with Crippen LogP contribution in [0.3, 0.4) is 0 Å². The molecule has 17 heavy (non-hydrogen) atoms. The van der Waals surface area contributed by atoms with Gasteiger partial charge in [0.2, 0.25) is 0 Å². The molecule has 94 valence electrons. The van der Waals surface area contributed by atoms with E-state index in [1.807, 2.05) is 24.3 Å². The minimum Gasteiger partial charge on any atom is -0.491 e. The van der Waals surface area contributed by atoms with Crippen molar-refractivity contribution in [1.29, 1.82) is 0 Å². The van der Waals surface area contributed by atoms with E-state index < -0.39 is 6.10 Å². The summed E-state index contributed by atoms with van der Waals surface area (Å²) in [5.74, 6) is 0.837. The summed E-state index contributed by atoms with van der Waals surface area (Å²) in [5.41, 5.74) is 0.909. The third-order valence-corrected chi connectivity index (χ3v) is 3.07. The number of benzene rings is 1. The molecule has 0 aromatic heterocycles. The fraction of sp³-hybridized carbons (Fsp3) is 0.571. The molecule has 0 amide bonds. The summed E-state index contributed by atoms with van der Waals surface area (Å²) in [5, 5.41) is 9.39. The van der Waals surface area contributed by atoms with E-state index in [0.29, 0.717) is 6.61 Å². The second-order valence-corrected chi connectivity index (χ2v) is 4.54. The third kappa shape index (κ3) is 3.72. The van der Waals surface area contributed by atoms with Crippen LogP contribution in [0, 0.1) is 0 Å². The summed E-state index contributed by atoms with van der Waals surface area (Å²) in [7, 11) is 0. The van der Waals surface area contributed by atoms with Gasteiger partial charge in [-0.05, 0) is 43.9 Å². The molecule has 1 heterocycles. The Morgan fingerprint density at radius 2 is 2.12 bits per heavy atom. The van der Waals surface area contributed by atoms with Crippen molar-refractivity contribution in [3.8, 4) is 5.75 Å². The Bertz CT molecular complexity index is 326. The molecule has 1 aliphatic rings. The van der Waals surface area contributed by atoms with E-state index >= 15 is 0 Å². The van der Waals surface area contributed by atoms with Gasteiger partial charge in [0.15, 0.2) is 0 Å². The molecular weight excluding hydrogens is 216 g/mol. The van der Waals surface area contributed by atoms with E-state index in [-0.39, 0.29) is 6.10 Å². The van der Waals surface area contributed by atoms with E-state index in [1.54, 1.807) is 6.92 Å². The zero-order valence-corrected chi connectivity index (χ0v) is 10.3. The van der Waals surface area contributed by atoms with Crippen molar-refractivity contribution in [1.82, 2.24) is 0 Å². The van der Waals surface area contributed by atoms with Crippen LogP contribution in [0.4, 0.5) is 0 Å². The molecule has 2 rings (SSSR count). The van der Waals surface area contributed by atoms with Crippen LogP contribution in [0.5, 0.6) is 5.75 Å². The SMILES string of the molecule is C[C@H](O)c1ccc(OCC2CCCCO2)cc1. The van der Waals surface area contributed by atoms with Gasteiger partial charge in [-0.15, -0.1) is 0 Å². The summed E-state index contributed by atoms with van der Waals surface area (Å²) in [4.78, 5) is 0. The van der Waals surface area contributed by atoms with Gasteiger partial charge in [0.05, 0.1) is 12.2 Å². The number of rotatable bonds is 4. The summed E-state index contributed by atoms with van der Waals surface area (Å²) in [6, 6.07) is 7.57. The first-order valence-electron chi connectivity index (χ1n) is 6.28. The van der Waals surface area contributed by atoms with Crippen molar-refractivity contribution in [2.75, 3.05) is 13.2 Å². The fourth-order valence-electron chi connectivity index (χ4n) is 1.97. The van der Waals surface area contributed by atoms with E-state index in [4.69, 9.17) is 9.47 Å². The fourth-order valence-corrected chi connectivity index (χ4v) is 1.97. The third-order valence-electron chi connectivity index (χ3n) is 3.07. The Labute approximate surface area is 102 Å². The van der Waals surface area contributed by atoms with Crippen molar-refractivity contribution in [3.63, 3.8) is 0 Å². The van der Waals surface area contributed by atoms with Crippen molar-refractivity contribution >= 4 is 0 Å². The minimum absolute atomic E-state index is 0.236. The quantitative estimate of drug-likeness (QED) is 0.873. The van der Waals surface area contributed by atoms with Gasteiger partial charge in [-0.3, -0.25) is 0 Å². The minimum atomic E-state index is -0.425. The lowest BCUT2D eigenvalue weighted by Gasteiger charge is -2.22. The Kier molecular flexibility index (Phi) is 4.40. The van der Waals surface area contributed by atoms with Gasteiger partial charge in [-0.1, -0.05) is 12.1 Å². The zero-order valence-electron chi connectivity index (χ0n) is 10.3. The van der Waals surface area contributed by atoms with Gasteiger partial charge in [0.25, 0.3) is 0 Å². The van der Waals surface area contributed by atoms with Crippen LogP contribution in [0.15, 0.2) is 24.3 Å². The van der Waals surface area contributed by atoms with Gasteiger partial charge >= 0.3 is 0 Å². The number of ether oxygens (including phenoxy) is 2. The highest BCUT2D eigenvalue weighted by Gasteiger charge is 2.14. The average molecular weight is 236 g/mol. The van der Waals surface area contributed by atoms with Gasteiger partial charge in [-0.2, -0.15) is 0 Å². The van der Waals surface area contributed by atoms with Gasteiger partial charge in [0, 0.05) is 6.61 Å². The number of hydrogen-bond donors (Lipinski definition) is 1. The van der Waals surface area contributed by atoms with E-state index in [9.17, 15) is 5.11 Å². The maximum absolute atomic E-state index is 9.39. The van der Waals surface area contributed by atoms with Crippen LogP contribution in [0.25, 0.3) is 0 Å². The molecule has 0 saturated carbocycles. The lowest BCUT2D eigenvalue weighted by atomic mass is 10.1. The molecule has 2 atom stereocenters. The van der Waals surface area contributed by atoms with Crippen molar-refractivity contribution in [2.24, 2.45) is 0 Å². The molecule has 0 aliphatic carbocycles. The highest BCUT2D eigenvalue weighted by molar-refractivity contribution is 5.28. The number of aliphatic hydroxyl groups excluding tert-OH is 1. The standard InChI is InChI=1S/C14H20O3/c1-11(15)12-5-7-13(8-6-12)17-10-14-4-2-3-9-16-14/h5-8,11,14-15H,2-4,9-10H2,1H3/t11-,14?/m0/s1. The van der Waals surface area contributed by atoms with Crippen LogP contribution in [-0.4, -0.2) is 24.4 Å². The van der Waals surface area contributed by atoms with Crippen molar-refractivity contribution in [3.05, 3.63) is 29.8 Å². The van der Waals surface area contributed by atoms with Crippen LogP contribution in [0.2, 0.25) is 0 Å². The monoisotopic (exact) mass is 236 g/mol. The Balaban J connectivity index is 1.82. The van der Waals surface area contributed by atoms with Gasteiger partial charge in [0.1, 0.15) is 12.4 Å². The molecule has 3 heteroatoms. The summed E-state index contributed by atoms with van der Waals surface area (Å²) in [6.45, 7) is 3.23. The molecule has 0 bridgehead atoms. The highest BCUT2D eigenvalue weighted by Crippen LogP contribution is 2.19. The normalized spacial score (nSPS) is 22.1. The lowest BCUT2D eigenvalue weighted by Crippen LogP contribution is -2.25. The molecule has 1 N–H and O–H groups in total. The van der Waals surface area contributed by atoms with E-state index in [2.05, 4.69) is 0 Å². The van der Waals surface area contributed by atoms with Gasteiger partial charge < -0.3 is 14.6 Å². The molecular formula is C14H20O3. The maximum Gasteiger partial charge on any atom is 0.119 e. The van der Waals surface area contributed by atoms with E-state index in [1.165, 1.54) is 12.8 Å². The second kappa shape index (κ2) is 6.03. The molecule has 1 unspecified atom stereocenters. The number of aliphatic hydroxyl groups is 1. The lowest BCUT2D eigenvalue weighted by molar-refractivity contribution is -0.0110. The summed E-state index contributed by atoms with van der Waals surface area (Å²) >= 11 is 0. The second-order valence-electron chi connectivity index (χ2n) is 4.54. The maximum atomic E-state index is 9.39. The average Bonchev–Trinajstić information content (AvgIpc) is 2.38. The molecule has 1 saturated heterocycles. The topological polar surface area (TPSA) is 38.7 Å².